The van der Waals surface area contributed by atoms with Gasteiger partial charge in [0.2, 0.25) is 0 Å². The monoisotopic (exact) mass is 281 g/mol. The minimum Gasteiger partial charge on any atom is -0.473 e. The molecule has 0 saturated carbocycles. The number of ether oxygens (including phenoxy) is 1. The molecule has 0 bridgehead atoms. The van der Waals surface area contributed by atoms with E-state index in [9.17, 15) is 9.59 Å². The van der Waals surface area contributed by atoms with Crippen molar-refractivity contribution in [3.8, 4) is 0 Å². The summed E-state index contributed by atoms with van der Waals surface area (Å²) in [4.78, 5) is 20.3. The van der Waals surface area contributed by atoms with E-state index >= 15 is 0 Å². The van der Waals surface area contributed by atoms with Gasteiger partial charge in [0.15, 0.2) is 0 Å². The molecule has 0 unspecified atom stereocenters. The van der Waals surface area contributed by atoms with Crippen LogP contribution in [-0.2, 0) is 36.7 Å². The number of hydrogen-bond acceptors (Lipinski definition) is 3. The normalized spacial score (nSPS) is 8.69. The molecule has 5 heteroatoms. The van der Waals surface area contributed by atoms with Crippen LogP contribution in [0.3, 0.4) is 0 Å². The zero-order valence-electron chi connectivity index (χ0n) is 7.51. The third-order valence-corrected chi connectivity index (χ3v) is 1.41. The molecule has 0 spiro atoms. The molecular weight excluding hydrogens is 268 g/mol. The van der Waals surface area contributed by atoms with Gasteiger partial charge < -0.3 is 9.84 Å². The fraction of sp³-hybridized carbons (Fsp3) is 0.750. The molecule has 0 rings (SSSR count). The Morgan fingerprint density at radius 2 is 1.85 bits per heavy atom. The van der Waals surface area contributed by atoms with Crippen LogP contribution in [-0.4, -0.2) is 23.7 Å². The van der Waals surface area contributed by atoms with Gasteiger partial charge in [0, 0.05) is 22.4 Å². The van der Waals surface area contributed by atoms with Crippen molar-refractivity contribution in [1.29, 1.82) is 0 Å². The van der Waals surface area contributed by atoms with Gasteiger partial charge in [-0.05, 0) is 6.42 Å². The van der Waals surface area contributed by atoms with Crippen LogP contribution in [0.15, 0.2) is 0 Å². The van der Waals surface area contributed by atoms with Crippen LogP contribution < -0.4 is 0 Å². The third kappa shape index (κ3) is 9.60. The molecular formula is C8H14AgO4. The topological polar surface area (TPSA) is 63.6 Å². The van der Waals surface area contributed by atoms with E-state index in [0.717, 1.165) is 25.7 Å². The van der Waals surface area contributed by atoms with Crippen LogP contribution in [0, 0.1) is 0 Å². The zero-order chi connectivity index (χ0) is 9.40. The predicted molar refractivity (Wildman–Crippen MR) is 42.7 cm³/mol. The fourth-order valence-electron chi connectivity index (χ4n) is 0.755. The smallest absolute Gasteiger partial charge is 0.417 e. The van der Waals surface area contributed by atoms with Gasteiger partial charge in [0.05, 0.1) is 6.61 Å². The molecule has 0 heterocycles. The summed E-state index contributed by atoms with van der Waals surface area (Å²) in [5, 5.41) is 8.11. The first-order chi connectivity index (χ1) is 5.68. The van der Waals surface area contributed by atoms with Gasteiger partial charge in [-0.25, -0.2) is 9.59 Å². The van der Waals surface area contributed by atoms with Crippen LogP contribution in [0.25, 0.3) is 0 Å². The standard InChI is InChI=1S/C8H14O4.Ag/c1-2-3-4-5-6-12-8(11)7(9)10;/h2-6H2,1H3,(H,9,10);. The molecule has 0 aromatic rings. The maximum Gasteiger partial charge on any atom is 0.417 e. The van der Waals surface area contributed by atoms with Crippen molar-refractivity contribution in [3.63, 3.8) is 0 Å². The van der Waals surface area contributed by atoms with Crippen LogP contribution >= 0.6 is 0 Å². The summed E-state index contributed by atoms with van der Waals surface area (Å²) in [6.07, 6.45) is 3.91. The van der Waals surface area contributed by atoms with Crippen molar-refractivity contribution >= 4 is 11.9 Å². The van der Waals surface area contributed by atoms with E-state index < -0.39 is 11.9 Å². The average molecular weight is 282 g/mol. The molecule has 0 aliphatic heterocycles. The van der Waals surface area contributed by atoms with Crippen LogP contribution in [0.5, 0.6) is 0 Å². The number of esters is 1. The number of rotatable bonds is 5. The second-order valence-electron chi connectivity index (χ2n) is 2.50. The first kappa shape index (κ1) is 15.2. The first-order valence-corrected chi connectivity index (χ1v) is 4.08. The van der Waals surface area contributed by atoms with Crippen molar-refractivity contribution < 1.29 is 41.8 Å². The van der Waals surface area contributed by atoms with E-state index in [1.54, 1.807) is 0 Å². The van der Waals surface area contributed by atoms with Gasteiger partial charge in [-0.15, -0.1) is 0 Å². The molecule has 1 radical (unpaired) electrons. The molecule has 0 aromatic heterocycles. The Kier molecular flexibility index (Phi) is 11.4. The van der Waals surface area contributed by atoms with Crippen molar-refractivity contribution in [2.75, 3.05) is 6.61 Å². The minimum atomic E-state index is -1.52. The van der Waals surface area contributed by atoms with Gasteiger partial charge >= 0.3 is 11.9 Å². The van der Waals surface area contributed by atoms with Crippen molar-refractivity contribution in [2.24, 2.45) is 0 Å². The Morgan fingerprint density at radius 1 is 1.23 bits per heavy atom. The van der Waals surface area contributed by atoms with Gasteiger partial charge in [-0.3, -0.25) is 0 Å². The number of carbonyl (C=O) groups excluding carboxylic acids is 1. The molecule has 4 nitrogen and oxygen atoms in total. The van der Waals surface area contributed by atoms with Crippen molar-refractivity contribution in [2.45, 2.75) is 32.6 Å². The maximum atomic E-state index is 10.4. The molecule has 0 amide bonds. The summed E-state index contributed by atoms with van der Waals surface area (Å²) < 4.78 is 4.41. The number of hydrogen-bond donors (Lipinski definition) is 1. The second-order valence-corrected chi connectivity index (χ2v) is 2.50. The second kappa shape index (κ2) is 9.77. The van der Waals surface area contributed by atoms with Gasteiger partial charge in [0.1, 0.15) is 0 Å². The van der Waals surface area contributed by atoms with E-state index in [-0.39, 0.29) is 29.0 Å². The Balaban J connectivity index is 0. The number of carboxylic acid groups (broad SMARTS) is 1. The molecule has 81 valence electrons. The maximum absolute atomic E-state index is 10.4. The molecule has 0 aromatic carbocycles. The van der Waals surface area contributed by atoms with E-state index in [1.807, 2.05) is 0 Å². The summed E-state index contributed by atoms with van der Waals surface area (Å²) >= 11 is 0. The molecule has 0 aliphatic rings. The SMILES string of the molecule is CCCCCCOC(=O)C(=O)O.[Ag]. The van der Waals surface area contributed by atoms with Crippen LogP contribution in [0.2, 0.25) is 0 Å². The Labute approximate surface area is 93.2 Å². The van der Waals surface area contributed by atoms with E-state index in [0.29, 0.717) is 0 Å². The predicted octanol–water partition coefficient (Wildman–Crippen LogP) is 1.19. The number of unbranched alkanes of at least 4 members (excludes halogenated alkanes) is 3. The summed E-state index contributed by atoms with van der Waals surface area (Å²) in [5.74, 6) is -2.68. The number of carboxylic acids is 1. The van der Waals surface area contributed by atoms with Crippen molar-refractivity contribution in [1.82, 2.24) is 0 Å². The van der Waals surface area contributed by atoms with E-state index in [2.05, 4.69) is 11.7 Å². The Morgan fingerprint density at radius 3 is 2.31 bits per heavy atom. The first-order valence-electron chi connectivity index (χ1n) is 4.08. The number of aliphatic carboxylic acids is 1. The summed E-state index contributed by atoms with van der Waals surface area (Å²) in [6, 6.07) is 0. The Hall–Kier alpha value is -0.320. The molecule has 0 aliphatic carbocycles. The largest absolute Gasteiger partial charge is 0.473 e. The molecule has 0 saturated heterocycles. The molecule has 13 heavy (non-hydrogen) atoms. The van der Waals surface area contributed by atoms with Crippen LogP contribution in [0.1, 0.15) is 32.6 Å². The van der Waals surface area contributed by atoms with Gasteiger partial charge in [-0.1, -0.05) is 26.2 Å². The van der Waals surface area contributed by atoms with Gasteiger partial charge in [0.25, 0.3) is 0 Å². The minimum absolute atomic E-state index is 0. The van der Waals surface area contributed by atoms with E-state index in [4.69, 9.17) is 5.11 Å². The van der Waals surface area contributed by atoms with Crippen molar-refractivity contribution in [3.05, 3.63) is 0 Å². The summed E-state index contributed by atoms with van der Waals surface area (Å²) in [5.41, 5.74) is 0. The summed E-state index contributed by atoms with van der Waals surface area (Å²) in [6.45, 7) is 2.29. The quantitative estimate of drug-likeness (QED) is 0.356. The third-order valence-electron chi connectivity index (χ3n) is 1.41. The van der Waals surface area contributed by atoms with E-state index in [1.165, 1.54) is 0 Å². The fourth-order valence-corrected chi connectivity index (χ4v) is 0.755. The molecule has 1 N–H and O–H groups in total. The number of carbonyl (C=O) groups is 2. The average Bonchev–Trinajstić information content (AvgIpc) is 2.03. The van der Waals surface area contributed by atoms with Gasteiger partial charge in [-0.2, -0.15) is 0 Å². The zero-order valence-corrected chi connectivity index (χ0v) is 8.99. The summed E-state index contributed by atoms with van der Waals surface area (Å²) in [7, 11) is 0. The molecule has 0 fully saturated rings. The Bertz CT molecular complexity index is 158. The molecule has 0 atom stereocenters. The van der Waals surface area contributed by atoms with Crippen LogP contribution in [0.4, 0.5) is 0 Å².